The van der Waals surface area contributed by atoms with E-state index in [0.717, 1.165) is 22.8 Å². The Bertz CT molecular complexity index is 624. The van der Waals surface area contributed by atoms with E-state index in [4.69, 9.17) is 5.14 Å². The fraction of sp³-hybridized carbons (Fsp3) is 0.400. The van der Waals surface area contributed by atoms with Gasteiger partial charge in [0.1, 0.15) is 5.03 Å². The van der Waals surface area contributed by atoms with E-state index in [9.17, 15) is 8.42 Å². The molecule has 0 aliphatic heterocycles. The van der Waals surface area contributed by atoms with Crippen molar-refractivity contribution in [2.45, 2.75) is 17.9 Å². The van der Waals surface area contributed by atoms with Crippen LogP contribution in [0.2, 0.25) is 0 Å². The van der Waals surface area contributed by atoms with E-state index in [-0.39, 0.29) is 5.75 Å². The fourth-order valence-electron chi connectivity index (χ4n) is 1.46. The molecule has 0 radical (unpaired) electrons. The Hall–Kier alpha value is -1.12. The third kappa shape index (κ3) is 3.97. The fourth-order valence-corrected chi connectivity index (χ4v) is 2.93. The van der Waals surface area contributed by atoms with Gasteiger partial charge in [0, 0.05) is 12.4 Å². The lowest BCUT2D eigenvalue weighted by atomic mass is 10.4. The second-order valence-corrected chi connectivity index (χ2v) is 6.67. The zero-order valence-electron chi connectivity index (χ0n) is 9.69. The molecule has 6 nitrogen and oxygen atoms in total. The molecule has 0 fully saturated rings. The maximum atomic E-state index is 10.7. The van der Waals surface area contributed by atoms with Crippen molar-refractivity contribution in [2.75, 3.05) is 11.5 Å². The van der Waals surface area contributed by atoms with Gasteiger partial charge in [0.15, 0.2) is 5.65 Å². The quantitative estimate of drug-likeness (QED) is 0.629. The first-order chi connectivity index (χ1) is 8.54. The van der Waals surface area contributed by atoms with Crippen LogP contribution in [0.15, 0.2) is 29.6 Å². The van der Waals surface area contributed by atoms with Crippen molar-refractivity contribution in [3.63, 3.8) is 0 Å². The summed E-state index contributed by atoms with van der Waals surface area (Å²) in [6.45, 7) is 0. The van der Waals surface area contributed by atoms with Gasteiger partial charge in [-0.15, -0.1) is 11.8 Å². The third-order valence-corrected chi connectivity index (χ3v) is 4.17. The molecule has 2 rings (SSSR count). The molecule has 0 spiro atoms. The van der Waals surface area contributed by atoms with Gasteiger partial charge in [0.25, 0.3) is 0 Å². The number of nitrogens with zero attached hydrogens (tertiary/aromatic N) is 3. The first-order valence-corrected chi connectivity index (χ1v) is 8.18. The summed E-state index contributed by atoms with van der Waals surface area (Å²) in [5.41, 5.74) is 0.813. The molecule has 0 atom stereocenters. The molecule has 0 saturated carbocycles. The van der Waals surface area contributed by atoms with Crippen LogP contribution in [-0.2, 0) is 10.0 Å². The van der Waals surface area contributed by atoms with E-state index in [0.29, 0.717) is 6.42 Å². The standard InChI is InChI=1S/C10H14N4O2S2/c11-18(15,16)8-2-1-7-17-10-4-3-9-12-5-6-14(9)13-10/h3-6H,1-2,7-8H2,(H2,11,15,16). The zero-order chi connectivity index (χ0) is 13.0. The largest absolute Gasteiger partial charge is 0.236 e. The highest BCUT2D eigenvalue weighted by molar-refractivity contribution is 7.99. The predicted octanol–water partition coefficient (Wildman–Crippen LogP) is 0.890. The molecule has 0 amide bonds. The number of primary sulfonamides is 1. The van der Waals surface area contributed by atoms with Crippen LogP contribution < -0.4 is 5.14 Å². The Morgan fingerprint density at radius 3 is 2.94 bits per heavy atom. The van der Waals surface area contributed by atoms with E-state index in [2.05, 4.69) is 10.1 Å². The lowest BCUT2D eigenvalue weighted by Crippen LogP contribution is -2.16. The van der Waals surface area contributed by atoms with Gasteiger partial charge in [0.05, 0.1) is 5.75 Å². The molecule has 2 heterocycles. The molecule has 0 bridgehead atoms. The Labute approximate surface area is 110 Å². The summed E-state index contributed by atoms with van der Waals surface area (Å²) in [4.78, 5) is 4.11. The molecule has 8 heteroatoms. The number of thioether (sulfide) groups is 1. The van der Waals surface area contributed by atoms with Crippen molar-refractivity contribution >= 4 is 27.4 Å². The first kappa shape index (κ1) is 13.3. The number of aromatic nitrogens is 3. The normalized spacial score (nSPS) is 12.1. The van der Waals surface area contributed by atoms with Crippen LogP contribution in [0.3, 0.4) is 0 Å². The molecule has 2 N–H and O–H groups in total. The molecule has 2 aromatic rings. The lowest BCUT2D eigenvalue weighted by Gasteiger charge is -2.01. The second-order valence-electron chi connectivity index (χ2n) is 3.82. The van der Waals surface area contributed by atoms with Gasteiger partial charge in [-0.1, -0.05) is 0 Å². The SMILES string of the molecule is NS(=O)(=O)CCCCSc1ccc2nccn2n1. The van der Waals surface area contributed by atoms with Gasteiger partial charge in [-0.2, -0.15) is 5.10 Å². The molecule has 0 aliphatic rings. The molecular formula is C10H14N4O2S2. The molecule has 0 aliphatic carbocycles. The second kappa shape index (κ2) is 5.68. The van der Waals surface area contributed by atoms with Crippen LogP contribution in [0.4, 0.5) is 0 Å². The molecule has 0 saturated heterocycles. The number of imidazole rings is 1. The van der Waals surface area contributed by atoms with Gasteiger partial charge in [0.2, 0.25) is 10.0 Å². The van der Waals surface area contributed by atoms with E-state index >= 15 is 0 Å². The molecule has 0 unspecified atom stereocenters. The van der Waals surface area contributed by atoms with E-state index in [1.807, 2.05) is 12.1 Å². The highest BCUT2D eigenvalue weighted by atomic mass is 32.2. The number of unbranched alkanes of at least 4 members (excludes halogenated alkanes) is 1. The monoisotopic (exact) mass is 286 g/mol. The van der Waals surface area contributed by atoms with Crippen molar-refractivity contribution in [3.05, 3.63) is 24.5 Å². The lowest BCUT2D eigenvalue weighted by molar-refractivity contribution is 0.594. The van der Waals surface area contributed by atoms with Crippen molar-refractivity contribution in [2.24, 2.45) is 5.14 Å². The number of rotatable bonds is 6. The average molecular weight is 286 g/mol. The molecule has 0 aromatic carbocycles. The summed E-state index contributed by atoms with van der Waals surface area (Å²) >= 11 is 1.59. The summed E-state index contributed by atoms with van der Waals surface area (Å²) in [7, 11) is -3.33. The Morgan fingerprint density at radius 1 is 1.33 bits per heavy atom. The highest BCUT2D eigenvalue weighted by Gasteiger charge is 2.03. The summed E-state index contributed by atoms with van der Waals surface area (Å²) in [6, 6.07) is 3.81. The van der Waals surface area contributed by atoms with Crippen molar-refractivity contribution in [1.82, 2.24) is 14.6 Å². The smallest absolute Gasteiger partial charge is 0.209 e. The number of sulfonamides is 1. The molecule has 18 heavy (non-hydrogen) atoms. The van der Waals surface area contributed by atoms with Gasteiger partial charge >= 0.3 is 0 Å². The third-order valence-electron chi connectivity index (χ3n) is 2.30. The Balaban J connectivity index is 1.79. The maximum absolute atomic E-state index is 10.7. The summed E-state index contributed by atoms with van der Waals surface area (Å²) < 4.78 is 23.2. The maximum Gasteiger partial charge on any atom is 0.209 e. The van der Waals surface area contributed by atoms with Crippen LogP contribution in [0.25, 0.3) is 5.65 Å². The van der Waals surface area contributed by atoms with Gasteiger partial charge < -0.3 is 0 Å². The minimum absolute atomic E-state index is 0.0432. The molecule has 2 aromatic heterocycles. The number of fused-ring (bicyclic) bond motifs is 1. The predicted molar refractivity (Wildman–Crippen MR) is 70.9 cm³/mol. The zero-order valence-corrected chi connectivity index (χ0v) is 11.3. The van der Waals surface area contributed by atoms with E-state index < -0.39 is 10.0 Å². The van der Waals surface area contributed by atoms with Gasteiger partial charge in [-0.25, -0.2) is 23.1 Å². The summed E-state index contributed by atoms with van der Waals surface area (Å²) in [6.07, 6.45) is 4.87. The molecular weight excluding hydrogens is 272 g/mol. The van der Waals surface area contributed by atoms with Crippen LogP contribution in [0.5, 0.6) is 0 Å². The van der Waals surface area contributed by atoms with Crippen LogP contribution >= 0.6 is 11.8 Å². The number of hydrogen-bond donors (Lipinski definition) is 1. The summed E-state index contributed by atoms with van der Waals surface area (Å²) in [5, 5.41) is 10.2. The minimum atomic E-state index is -3.33. The van der Waals surface area contributed by atoms with Gasteiger partial charge in [-0.3, -0.25) is 0 Å². The summed E-state index contributed by atoms with van der Waals surface area (Å²) in [5.74, 6) is 0.865. The first-order valence-electron chi connectivity index (χ1n) is 5.48. The van der Waals surface area contributed by atoms with Crippen molar-refractivity contribution in [3.8, 4) is 0 Å². The van der Waals surface area contributed by atoms with Crippen molar-refractivity contribution < 1.29 is 8.42 Å². The van der Waals surface area contributed by atoms with Crippen LogP contribution in [0.1, 0.15) is 12.8 Å². The Kier molecular flexibility index (Phi) is 4.20. The molecule has 98 valence electrons. The van der Waals surface area contributed by atoms with E-state index in [1.54, 1.807) is 28.7 Å². The number of hydrogen-bond acceptors (Lipinski definition) is 5. The van der Waals surface area contributed by atoms with E-state index in [1.165, 1.54) is 0 Å². The van der Waals surface area contributed by atoms with Crippen LogP contribution in [0, 0.1) is 0 Å². The van der Waals surface area contributed by atoms with Crippen molar-refractivity contribution in [1.29, 1.82) is 0 Å². The average Bonchev–Trinajstić information content (AvgIpc) is 2.74. The van der Waals surface area contributed by atoms with Gasteiger partial charge in [-0.05, 0) is 30.7 Å². The topological polar surface area (TPSA) is 90.4 Å². The Morgan fingerprint density at radius 2 is 2.17 bits per heavy atom. The minimum Gasteiger partial charge on any atom is -0.236 e. The number of nitrogens with two attached hydrogens (primary N) is 1. The highest BCUT2D eigenvalue weighted by Crippen LogP contribution is 2.16. The van der Waals surface area contributed by atoms with Crippen LogP contribution in [-0.4, -0.2) is 34.5 Å².